The highest BCUT2D eigenvalue weighted by molar-refractivity contribution is 6.12. The standard InChI is InChI=1S/C21H26FNO2/c1-20(2,3)16-11-14(12-17(19(16)24)21(4,5)6)18(23-25)13-7-9-15(22)10-8-13/h7-12,24-25H,1-6H3. The largest absolute Gasteiger partial charge is 0.507 e. The first-order chi connectivity index (χ1) is 11.4. The molecule has 0 unspecified atom stereocenters. The summed E-state index contributed by atoms with van der Waals surface area (Å²) in [6.07, 6.45) is 0. The van der Waals surface area contributed by atoms with Gasteiger partial charge in [0.25, 0.3) is 0 Å². The molecule has 2 N–H and O–H groups in total. The van der Waals surface area contributed by atoms with Crippen LogP contribution in [0.5, 0.6) is 5.75 Å². The Bertz CT molecular complexity index is 759. The third kappa shape index (κ3) is 4.01. The van der Waals surface area contributed by atoms with Crippen LogP contribution >= 0.6 is 0 Å². The summed E-state index contributed by atoms with van der Waals surface area (Å²) in [6.45, 7) is 12.1. The van der Waals surface area contributed by atoms with E-state index >= 15 is 0 Å². The Kier molecular flexibility index (Phi) is 4.94. The zero-order chi connectivity index (χ0) is 19.0. The normalized spacial score (nSPS) is 13.2. The first-order valence-electron chi connectivity index (χ1n) is 8.31. The molecule has 0 saturated carbocycles. The number of rotatable bonds is 2. The molecule has 0 amide bonds. The highest BCUT2D eigenvalue weighted by Crippen LogP contribution is 2.40. The number of hydrogen-bond donors (Lipinski definition) is 2. The molecule has 0 aliphatic rings. The Balaban J connectivity index is 2.74. The molecule has 3 nitrogen and oxygen atoms in total. The predicted octanol–water partition coefficient (Wildman–Crippen LogP) is 5.35. The fraction of sp³-hybridized carbons (Fsp3) is 0.381. The number of phenols is 1. The SMILES string of the molecule is CC(C)(C)c1cc(C(=NO)c2ccc(F)cc2)cc(C(C)(C)C)c1O. The van der Waals surface area contributed by atoms with E-state index < -0.39 is 0 Å². The summed E-state index contributed by atoms with van der Waals surface area (Å²) in [4.78, 5) is 0. The van der Waals surface area contributed by atoms with Gasteiger partial charge in [0.05, 0.1) is 0 Å². The number of phenolic OH excluding ortho intramolecular Hbond substituents is 1. The Morgan fingerprint density at radius 2 is 1.28 bits per heavy atom. The molecular formula is C21H26FNO2. The van der Waals surface area contributed by atoms with Crippen LogP contribution in [0.1, 0.15) is 63.8 Å². The highest BCUT2D eigenvalue weighted by atomic mass is 19.1. The van der Waals surface area contributed by atoms with E-state index in [-0.39, 0.29) is 22.4 Å². The van der Waals surface area contributed by atoms with Gasteiger partial charge in [-0.2, -0.15) is 0 Å². The summed E-state index contributed by atoms with van der Waals surface area (Å²) in [5, 5.41) is 23.8. The summed E-state index contributed by atoms with van der Waals surface area (Å²) in [5.74, 6) is -0.0855. The first-order valence-corrected chi connectivity index (χ1v) is 8.31. The van der Waals surface area contributed by atoms with E-state index in [1.807, 2.05) is 53.7 Å². The molecule has 0 aromatic heterocycles. The molecule has 0 atom stereocenters. The van der Waals surface area contributed by atoms with E-state index in [4.69, 9.17) is 0 Å². The number of oxime groups is 1. The molecule has 0 saturated heterocycles. The van der Waals surface area contributed by atoms with Crippen molar-refractivity contribution in [2.24, 2.45) is 5.16 Å². The lowest BCUT2D eigenvalue weighted by Gasteiger charge is -2.28. The Morgan fingerprint density at radius 3 is 1.64 bits per heavy atom. The number of aromatic hydroxyl groups is 1. The lowest BCUT2D eigenvalue weighted by atomic mass is 9.77. The smallest absolute Gasteiger partial charge is 0.123 e. The zero-order valence-electron chi connectivity index (χ0n) is 15.7. The minimum Gasteiger partial charge on any atom is -0.507 e. The Morgan fingerprint density at radius 1 is 0.840 bits per heavy atom. The molecule has 0 spiro atoms. The fourth-order valence-corrected chi connectivity index (χ4v) is 2.80. The average molecular weight is 343 g/mol. The molecule has 4 heteroatoms. The first kappa shape index (κ1) is 19.0. The van der Waals surface area contributed by atoms with Gasteiger partial charge in [0.15, 0.2) is 0 Å². The summed E-state index contributed by atoms with van der Waals surface area (Å²) < 4.78 is 13.2. The molecule has 134 valence electrons. The Labute approximate surface area is 148 Å². The average Bonchev–Trinajstić information content (AvgIpc) is 2.48. The second-order valence-electron chi connectivity index (χ2n) is 8.38. The highest BCUT2D eigenvalue weighted by Gasteiger charge is 2.27. The van der Waals surface area contributed by atoms with E-state index in [0.29, 0.717) is 16.8 Å². The van der Waals surface area contributed by atoms with Crippen molar-refractivity contribution in [1.29, 1.82) is 0 Å². The number of halogens is 1. The monoisotopic (exact) mass is 343 g/mol. The van der Waals surface area contributed by atoms with E-state index in [9.17, 15) is 14.7 Å². The quantitative estimate of drug-likeness (QED) is 0.438. The maximum atomic E-state index is 13.2. The third-order valence-corrected chi connectivity index (χ3v) is 4.22. The van der Waals surface area contributed by atoms with E-state index in [0.717, 1.165) is 11.1 Å². The molecule has 0 radical (unpaired) electrons. The predicted molar refractivity (Wildman–Crippen MR) is 99.3 cm³/mol. The van der Waals surface area contributed by atoms with E-state index in [1.54, 1.807) is 12.1 Å². The molecule has 0 aliphatic carbocycles. The molecule has 25 heavy (non-hydrogen) atoms. The maximum absolute atomic E-state index is 13.2. The molecular weight excluding hydrogens is 317 g/mol. The van der Waals surface area contributed by atoms with Gasteiger partial charge in [0, 0.05) is 22.3 Å². The minimum absolute atomic E-state index is 0.264. The minimum atomic E-state index is -0.350. The van der Waals surface area contributed by atoms with Crippen LogP contribution in [-0.4, -0.2) is 16.0 Å². The van der Waals surface area contributed by atoms with Crippen LogP contribution in [-0.2, 0) is 10.8 Å². The number of benzene rings is 2. The van der Waals surface area contributed by atoms with Crippen molar-refractivity contribution in [1.82, 2.24) is 0 Å². The summed E-state index contributed by atoms with van der Waals surface area (Å²) >= 11 is 0. The second-order valence-corrected chi connectivity index (χ2v) is 8.38. The summed E-state index contributed by atoms with van der Waals surface area (Å²) in [5.41, 5.74) is 2.61. The van der Waals surface area contributed by atoms with Crippen molar-refractivity contribution < 1.29 is 14.7 Å². The second kappa shape index (κ2) is 6.51. The number of hydrogen-bond acceptors (Lipinski definition) is 3. The van der Waals surface area contributed by atoms with Crippen LogP contribution < -0.4 is 0 Å². The van der Waals surface area contributed by atoms with Gasteiger partial charge < -0.3 is 10.3 Å². The molecule has 0 bridgehead atoms. The number of nitrogens with zero attached hydrogens (tertiary/aromatic N) is 1. The molecule has 2 aromatic carbocycles. The van der Waals surface area contributed by atoms with Crippen LogP contribution in [0, 0.1) is 5.82 Å². The molecule has 0 aliphatic heterocycles. The van der Waals surface area contributed by atoms with Crippen molar-refractivity contribution in [3.8, 4) is 5.75 Å². The molecule has 2 aromatic rings. The van der Waals surface area contributed by atoms with Gasteiger partial charge in [-0.15, -0.1) is 0 Å². The molecule has 2 rings (SSSR count). The maximum Gasteiger partial charge on any atom is 0.123 e. The van der Waals surface area contributed by atoms with Gasteiger partial charge in [0.2, 0.25) is 0 Å². The van der Waals surface area contributed by atoms with Crippen LogP contribution in [0.4, 0.5) is 4.39 Å². The van der Waals surface area contributed by atoms with Crippen molar-refractivity contribution >= 4 is 5.71 Å². The van der Waals surface area contributed by atoms with Gasteiger partial charge >= 0.3 is 0 Å². The summed E-state index contributed by atoms with van der Waals surface area (Å²) in [7, 11) is 0. The molecule has 0 fully saturated rings. The Hall–Kier alpha value is -2.36. The van der Waals surface area contributed by atoms with Crippen LogP contribution in [0.2, 0.25) is 0 Å². The van der Waals surface area contributed by atoms with Crippen molar-refractivity contribution in [3.05, 3.63) is 64.5 Å². The lowest BCUT2D eigenvalue weighted by molar-refractivity contribution is 0.319. The zero-order valence-corrected chi connectivity index (χ0v) is 15.7. The van der Waals surface area contributed by atoms with Crippen LogP contribution in [0.3, 0.4) is 0 Å². The lowest BCUT2D eigenvalue weighted by Crippen LogP contribution is -2.19. The van der Waals surface area contributed by atoms with Gasteiger partial charge in [0.1, 0.15) is 17.3 Å². The van der Waals surface area contributed by atoms with Crippen LogP contribution in [0.15, 0.2) is 41.6 Å². The van der Waals surface area contributed by atoms with Gasteiger partial charge in [-0.05, 0) is 47.2 Å². The van der Waals surface area contributed by atoms with Gasteiger partial charge in [-0.3, -0.25) is 0 Å². The molecule has 0 heterocycles. The van der Waals surface area contributed by atoms with Crippen molar-refractivity contribution in [2.75, 3.05) is 0 Å². The third-order valence-electron chi connectivity index (χ3n) is 4.22. The van der Waals surface area contributed by atoms with Gasteiger partial charge in [-0.1, -0.05) is 46.7 Å². The van der Waals surface area contributed by atoms with E-state index in [1.165, 1.54) is 12.1 Å². The fourth-order valence-electron chi connectivity index (χ4n) is 2.80. The van der Waals surface area contributed by atoms with Gasteiger partial charge in [-0.25, -0.2) is 4.39 Å². The van der Waals surface area contributed by atoms with Crippen molar-refractivity contribution in [2.45, 2.75) is 52.4 Å². The topological polar surface area (TPSA) is 52.8 Å². The van der Waals surface area contributed by atoms with E-state index in [2.05, 4.69) is 5.16 Å². The van der Waals surface area contributed by atoms with Crippen molar-refractivity contribution in [3.63, 3.8) is 0 Å². The van der Waals surface area contributed by atoms with Crippen LogP contribution in [0.25, 0.3) is 0 Å². The summed E-state index contributed by atoms with van der Waals surface area (Å²) in [6, 6.07) is 9.48.